The maximum Gasteiger partial charge on any atom is 0.351 e. The van der Waals surface area contributed by atoms with Gasteiger partial charge in [-0.15, -0.1) is 0 Å². The molecule has 7 rings (SSSR count). The molecule has 11 heteroatoms. The second-order valence-corrected chi connectivity index (χ2v) is 16.7. The first-order chi connectivity index (χ1) is 21.6. The van der Waals surface area contributed by atoms with Crippen LogP contribution >= 0.6 is 12.2 Å². The summed E-state index contributed by atoms with van der Waals surface area (Å²) in [5.41, 5.74) is -5.44. The molecular weight excluding hydrogens is 624 g/mol. The van der Waals surface area contributed by atoms with Crippen LogP contribution in [-0.4, -0.2) is 46.8 Å². The summed E-state index contributed by atoms with van der Waals surface area (Å²) in [6, 6.07) is 3.59. The normalized spacial score (nSPS) is 36.8. The van der Waals surface area contributed by atoms with E-state index in [1.807, 2.05) is 61.5 Å². The fraction of sp³-hybridized carbons (Fsp3) is 0.639. The van der Waals surface area contributed by atoms with E-state index >= 15 is 0 Å². The molecule has 0 amide bonds. The van der Waals surface area contributed by atoms with E-state index in [1.54, 1.807) is 19.9 Å². The number of hydrogen-bond acceptors (Lipinski definition) is 11. The van der Waals surface area contributed by atoms with Gasteiger partial charge in [0.2, 0.25) is 11.2 Å². The number of benzene rings is 1. The molecule has 3 aliphatic heterocycles. The van der Waals surface area contributed by atoms with Crippen molar-refractivity contribution in [2.75, 3.05) is 0 Å². The van der Waals surface area contributed by atoms with E-state index in [0.717, 1.165) is 16.5 Å². The molecule has 4 bridgehead atoms. The summed E-state index contributed by atoms with van der Waals surface area (Å²) in [7, 11) is 0. The zero-order valence-corrected chi connectivity index (χ0v) is 29.4. The van der Waals surface area contributed by atoms with Gasteiger partial charge in [-0.2, -0.15) is 0 Å². The van der Waals surface area contributed by atoms with Crippen molar-refractivity contribution in [2.24, 2.45) is 21.7 Å². The standard InChI is InChI=1S/C36H42O10S/c1-17-15-19-22(23-21(17)18(2)16-20(47)41-23)24(42-28(39)35-13-11-33(9,26(37)45-35)31(35,5)6)25(30(3,4)44-19)43-29(40)36-14-12-34(10,27(38)46-36)32(36,7)8/h15-16,24-25H,11-14H2,1-10H3/t24-,25-,33?,34?,35?,36?/m1/s1. The van der Waals surface area contributed by atoms with Gasteiger partial charge in [-0.05, 0) is 103 Å². The van der Waals surface area contributed by atoms with Crippen molar-refractivity contribution in [2.45, 2.75) is 124 Å². The van der Waals surface area contributed by atoms with Gasteiger partial charge in [0.05, 0.1) is 16.4 Å². The third-order valence-corrected chi connectivity index (χ3v) is 13.5. The highest BCUT2D eigenvalue weighted by molar-refractivity contribution is 7.71. The maximum absolute atomic E-state index is 14.6. The first-order valence-electron chi connectivity index (χ1n) is 16.3. The van der Waals surface area contributed by atoms with Crippen LogP contribution < -0.4 is 4.74 Å². The molecule has 10 nitrogen and oxygen atoms in total. The van der Waals surface area contributed by atoms with Crippen molar-refractivity contribution >= 4 is 47.1 Å². The Morgan fingerprint density at radius 1 is 0.745 bits per heavy atom. The molecule has 2 saturated heterocycles. The predicted molar refractivity (Wildman–Crippen MR) is 170 cm³/mol. The Hall–Kier alpha value is -3.47. The molecule has 6 atom stereocenters. The summed E-state index contributed by atoms with van der Waals surface area (Å²) in [6.45, 7) is 18.3. The minimum absolute atomic E-state index is 0.214. The van der Waals surface area contributed by atoms with E-state index in [2.05, 4.69) is 0 Å². The van der Waals surface area contributed by atoms with Crippen molar-refractivity contribution in [3.05, 3.63) is 33.5 Å². The minimum atomic E-state index is -1.55. The molecule has 0 spiro atoms. The van der Waals surface area contributed by atoms with Gasteiger partial charge in [0.25, 0.3) is 0 Å². The van der Waals surface area contributed by atoms with Crippen molar-refractivity contribution in [1.82, 2.24) is 0 Å². The van der Waals surface area contributed by atoms with Gasteiger partial charge in [0.1, 0.15) is 16.9 Å². The van der Waals surface area contributed by atoms with E-state index in [1.165, 1.54) is 0 Å². The largest absolute Gasteiger partial charge is 0.483 e. The molecule has 0 radical (unpaired) electrons. The molecule has 252 valence electrons. The average Bonchev–Trinajstić information content (AvgIpc) is 3.42. The molecule has 4 unspecified atom stereocenters. The van der Waals surface area contributed by atoms with Crippen LogP contribution in [0.2, 0.25) is 0 Å². The van der Waals surface area contributed by atoms with Gasteiger partial charge in [-0.25, -0.2) is 9.59 Å². The van der Waals surface area contributed by atoms with E-state index in [-0.39, 0.29) is 17.5 Å². The van der Waals surface area contributed by atoms with E-state index < -0.39 is 74.5 Å². The van der Waals surface area contributed by atoms with Crippen LogP contribution in [0.25, 0.3) is 11.0 Å². The topological polar surface area (TPSA) is 128 Å². The Labute approximate surface area is 278 Å². The van der Waals surface area contributed by atoms with Crippen molar-refractivity contribution < 1.29 is 47.3 Å². The van der Waals surface area contributed by atoms with E-state index in [0.29, 0.717) is 29.7 Å². The summed E-state index contributed by atoms with van der Waals surface area (Å²) in [5, 5.41) is 0.752. The fourth-order valence-corrected chi connectivity index (χ4v) is 9.37. The zero-order chi connectivity index (χ0) is 34.5. The molecule has 4 fully saturated rings. The molecule has 2 aromatic rings. The number of carbonyl (C=O) groups excluding carboxylic acids is 4. The summed E-state index contributed by atoms with van der Waals surface area (Å²) in [6.07, 6.45) is -1.01. The zero-order valence-electron chi connectivity index (χ0n) is 28.6. The fourth-order valence-electron chi connectivity index (χ4n) is 9.11. The van der Waals surface area contributed by atoms with Crippen LogP contribution in [0.3, 0.4) is 0 Å². The monoisotopic (exact) mass is 666 g/mol. The molecule has 1 aromatic heterocycles. The van der Waals surface area contributed by atoms with Crippen molar-refractivity contribution in [3.63, 3.8) is 0 Å². The van der Waals surface area contributed by atoms with Gasteiger partial charge in [0.15, 0.2) is 16.9 Å². The smallest absolute Gasteiger partial charge is 0.351 e. The van der Waals surface area contributed by atoms with Crippen LogP contribution in [-0.2, 0) is 38.1 Å². The number of aryl methyl sites for hydroxylation is 2. The van der Waals surface area contributed by atoms with Crippen molar-refractivity contribution in [1.29, 1.82) is 0 Å². The Morgan fingerprint density at radius 2 is 1.23 bits per heavy atom. The molecule has 0 N–H and O–H groups in total. The lowest BCUT2D eigenvalue weighted by Crippen LogP contribution is -2.57. The minimum Gasteiger partial charge on any atom is -0.483 e. The summed E-state index contributed by atoms with van der Waals surface area (Å²) in [5.74, 6) is -2.00. The van der Waals surface area contributed by atoms with Crippen LogP contribution in [0.5, 0.6) is 5.75 Å². The predicted octanol–water partition coefficient (Wildman–Crippen LogP) is 6.69. The molecule has 5 aliphatic rings. The van der Waals surface area contributed by atoms with Crippen LogP contribution in [0.1, 0.15) is 104 Å². The maximum atomic E-state index is 14.6. The summed E-state index contributed by atoms with van der Waals surface area (Å²) < 4.78 is 37.6. The van der Waals surface area contributed by atoms with Gasteiger partial charge < -0.3 is 28.1 Å². The second kappa shape index (κ2) is 9.15. The number of fused-ring (bicyclic) bond motifs is 7. The highest BCUT2D eigenvalue weighted by Crippen LogP contribution is 2.67. The van der Waals surface area contributed by atoms with Crippen LogP contribution in [0.15, 0.2) is 16.5 Å². The van der Waals surface area contributed by atoms with Gasteiger partial charge in [0, 0.05) is 16.2 Å². The van der Waals surface area contributed by atoms with E-state index in [9.17, 15) is 19.2 Å². The average molecular weight is 667 g/mol. The molecule has 47 heavy (non-hydrogen) atoms. The molecule has 2 saturated carbocycles. The number of esters is 4. The van der Waals surface area contributed by atoms with Crippen LogP contribution in [0, 0.1) is 40.2 Å². The third-order valence-electron chi connectivity index (χ3n) is 13.3. The highest BCUT2D eigenvalue weighted by atomic mass is 32.1. The lowest BCUT2D eigenvalue weighted by atomic mass is 9.66. The lowest BCUT2D eigenvalue weighted by molar-refractivity contribution is -0.217. The first-order valence-corrected chi connectivity index (χ1v) is 16.7. The first kappa shape index (κ1) is 32.1. The van der Waals surface area contributed by atoms with Gasteiger partial charge >= 0.3 is 23.9 Å². The molecule has 4 heterocycles. The third kappa shape index (κ3) is 3.59. The lowest BCUT2D eigenvalue weighted by Gasteiger charge is -2.46. The molecule has 1 aromatic carbocycles. The van der Waals surface area contributed by atoms with E-state index in [4.69, 9.17) is 40.3 Å². The Balaban J connectivity index is 1.39. The number of rotatable bonds is 4. The number of ether oxygens (including phenoxy) is 5. The van der Waals surface area contributed by atoms with Gasteiger partial charge in [-0.3, -0.25) is 9.59 Å². The Morgan fingerprint density at radius 3 is 1.70 bits per heavy atom. The Bertz CT molecular complexity index is 1890. The highest BCUT2D eigenvalue weighted by Gasteiger charge is 2.78. The quantitative estimate of drug-likeness (QED) is 0.197. The van der Waals surface area contributed by atoms with Gasteiger partial charge in [-0.1, -0.05) is 27.7 Å². The molecule has 2 aliphatic carbocycles. The van der Waals surface area contributed by atoms with Crippen LogP contribution in [0.4, 0.5) is 0 Å². The number of hydrogen-bond donors (Lipinski definition) is 0. The summed E-state index contributed by atoms with van der Waals surface area (Å²) in [4.78, 5) is 55.2. The van der Waals surface area contributed by atoms with Crippen molar-refractivity contribution in [3.8, 4) is 5.75 Å². The summed E-state index contributed by atoms with van der Waals surface area (Å²) >= 11 is 5.48. The molecular formula is C36H42O10S. The second-order valence-electron chi connectivity index (χ2n) is 16.3. The number of carbonyl (C=O) groups is 4. The Kier molecular flexibility index (Phi) is 6.25. The SMILES string of the molecule is Cc1cc2c(c3oc(=S)cc(C)c13)[C@@H](OC(=O)C13CCC(C)(C(=O)O1)C3(C)C)[C@@H](OC(=O)C13CCC(C)(C(=O)O1)C3(C)C)C(C)(C)O2.